The Labute approximate surface area is 207 Å². The molecule has 8 nitrogen and oxygen atoms in total. The number of imidazole rings is 1. The number of nitrogens with zero attached hydrogens (tertiary/aromatic N) is 7. The van der Waals surface area contributed by atoms with Gasteiger partial charge in [0.05, 0.1) is 16.9 Å². The van der Waals surface area contributed by atoms with Gasteiger partial charge in [0.2, 0.25) is 0 Å². The average molecular weight is 484 g/mol. The predicted octanol–water partition coefficient (Wildman–Crippen LogP) is 4.22. The number of fused-ring (bicyclic) bond motifs is 1. The lowest BCUT2D eigenvalue weighted by Crippen LogP contribution is -2.57. The van der Waals surface area contributed by atoms with Crippen molar-refractivity contribution in [3.05, 3.63) is 72.2 Å². The molecule has 2 saturated carbocycles. The summed E-state index contributed by atoms with van der Waals surface area (Å²) in [5, 5.41) is 8.40. The highest BCUT2D eigenvalue weighted by atomic mass is 19.1. The molecular weight excluding hydrogens is 457 g/mol. The topological polar surface area (TPSA) is 81.7 Å². The summed E-state index contributed by atoms with van der Waals surface area (Å²) in [6.07, 6.45) is 10.5. The summed E-state index contributed by atoms with van der Waals surface area (Å²) in [6.45, 7) is 3.64. The van der Waals surface area contributed by atoms with Crippen molar-refractivity contribution in [1.82, 2.24) is 34.4 Å². The smallest absolute Gasteiger partial charge is 0.255 e. The molecule has 0 N–H and O–H groups in total. The van der Waals surface area contributed by atoms with Crippen LogP contribution in [0.5, 0.6) is 0 Å². The highest BCUT2D eigenvalue weighted by Gasteiger charge is 2.55. The summed E-state index contributed by atoms with van der Waals surface area (Å²) < 4.78 is 16.8. The molecule has 3 aromatic heterocycles. The van der Waals surface area contributed by atoms with Crippen LogP contribution >= 0.6 is 0 Å². The summed E-state index contributed by atoms with van der Waals surface area (Å²) in [7, 11) is 0. The van der Waals surface area contributed by atoms with Crippen molar-refractivity contribution in [2.75, 3.05) is 13.1 Å². The van der Waals surface area contributed by atoms with Crippen LogP contribution in [0.25, 0.3) is 22.9 Å². The van der Waals surface area contributed by atoms with Gasteiger partial charge in [-0.05, 0) is 80.8 Å². The molecule has 1 saturated heterocycles. The number of carbonyl (C=O) groups is 1. The Morgan fingerprint density at radius 2 is 1.78 bits per heavy atom. The van der Waals surface area contributed by atoms with E-state index in [0.29, 0.717) is 33.9 Å². The summed E-state index contributed by atoms with van der Waals surface area (Å²) in [5.74, 6) is 2.24. The van der Waals surface area contributed by atoms with Crippen molar-refractivity contribution >= 4 is 5.91 Å². The number of carbonyl (C=O) groups excluding carboxylic acids is 1. The maximum atomic E-state index is 13.4. The second-order valence-corrected chi connectivity index (χ2v) is 10.6. The number of benzene rings is 1. The Morgan fingerprint density at radius 1 is 1.03 bits per heavy atom. The van der Waals surface area contributed by atoms with Gasteiger partial charge in [-0.15, -0.1) is 5.10 Å². The van der Waals surface area contributed by atoms with Crippen molar-refractivity contribution in [2.24, 2.45) is 17.3 Å². The minimum Gasteiger partial charge on any atom is -0.337 e. The lowest BCUT2D eigenvalue weighted by molar-refractivity contribution is 0.00716. The number of aromatic nitrogens is 6. The van der Waals surface area contributed by atoms with Crippen molar-refractivity contribution < 1.29 is 9.18 Å². The second-order valence-electron chi connectivity index (χ2n) is 10.6. The molecular formula is C27H26FN7O. The second kappa shape index (κ2) is 7.81. The van der Waals surface area contributed by atoms with Crippen LogP contribution in [-0.4, -0.2) is 53.4 Å². The van der Waals surface area contributed by atoms with Gasteiger partial charge in [0.25, 0.3) is 5.91 Å². The van der Waals surface area contributed by atoms with Crippen molar-refractivity contribution in [3.63, 3.8) is 0 Å². The summed E-state index contributed by atoms with van der Waals surface area (Å²) >= 11 is 0. The summed E-state index contributed by atoms with van der Waals surface area (Å²) in [5.41, 5.74) is 3.79. The Balaban J connectivity index is 1.08. The van der Waals surface area contributed by atoms with E-state index in [1.54, 1.807) is 33.9 Å². The van der Waals surface area contributed by atoms with Gasteiger partial charge in [0, 0.05) is 30.9 Å². The third-order valence-corrected chi connectivity index (χ3v) is 8.30. The summed E-state index contributed by atoms with van der Waals surface area (Å²) in [4.78, 5) is 24.1. The minimum atomic E-state index is -0.312. The van der Waals surface area contributed by atoms with E-state index in [1.165, 1.54) is 37.8 Å². The molecule has 0 bridgehead atoms. The number of pyridine rings is 1. The number of hydrogen-bond acceptors (Lipinski definition) is 5. The molecule has 182 valence electrons. The zero-order chi connectivity index (χ0) is 24.4. The van der Waals surface area contributed by atoms with Gasteiger partial charge < -0.3 is 4.90 Å². The van der Waals surface area contributed by atoms with Crippen LogP contribution < -0.4 is 0 Å². The fourth-order valence-corrected chi connectivity index (χ4v) is 6.37. The van der Waals surface area contributed by atoms with Gasteiger partial charge >= 0.3 is 0 Å². The number of rotatable bonds is 4. The number of halogens is 1. The Hall–Kier alpha value is -3.88. The molecule has 36 heavy (non-hydrogen) atoms. The molecule has 1 aliphatic heterocycles. The molecule has 3 aliphatic rings. The SMILES string of the molecule is Cc1nnn(-c2ccc(F)cc2)c1-c1cn(-c2ccc(C(=O)N3CC4(CC5CCC5C4)C3)cn2)cn1. The van der Waals surface area contributed by atoms with Crippen LogP contribution in [-0.2, 0) is 0 Å². The number of amides is 1. The van der Waals surface area contributed by atoms with Crippen LogP contribution in [0.2, 0.25) is 0 Å². The van der Waals surface area contributed by atoms with Gasteiger partial charge in [-0.25, -0.2) is 19.0 Å². The van der Waals surface area contributed by atoms with Crippen molar-refractivity contribution in [3.8, 4) is 22.9 Å². The summed E-state index contributed by atoms with van der Waals surface area (Å²) in [6, 6.07) is 9.75. The van der Waals surface area contributed by atoms with Crippen molar-refractivity contribution in [2.45, 2.75) is 32.6 Å². The standard InChI is InChI=1S/C27H26FN7O/c1-17-25(35(32-31-17)22-7-5-21(28)6-8-22)23-13-33(16-30-23)24-9-4-20(12-29-24)26(36)34-14-27(15-34)10-18-2-3-19(18)11-27/h4-9,12-13,16,18-19H,2-3,10-11,14-15H2,1H3. The zero-order valence-electron chi connectivity index (χ0n) is 20.0. The quantitative estimate of drug-likeness (QED) is 0.434. The van der Waals surface area contributed by atoms with Crippen LogP contribution in [0.4, 0.5) is 4.39 Å². The molecule has 2 aliphatic carbocycles. The minimum absolute atomic E-state index is 0.0649. The van der Waals surface area contributed by atoms with Gasteiger partial charge in [0.15, 0.2) is 0 Å². The van der Waals surface area contributed by atoms with E-state index >= 15 is 0 Å². The molecule has 9 heteroatoms. The van der Waals surface area contributed by atoms with E-state index in [1.807, 2.05) is 30.2 Å². The largest absolute Gasteiger partial charge is 0.337 e. The van der Waals surface area contributed by atoms with Crippen LogP contribution in [0, 0.1) is 30.0 Å². The third-order valence-electron chi connectivity index (χ3n) is 8.30. The van der Waals surface area contributed by atoms with E-state index in [2.05, 4.69) is 20.3 Å². The highest BCUT2D eigenvalue weighted by Crippen LogP contribution is 2.58. The molecule has 4 heterocycles. The fourth-order valence-electron chi connectivity index (χ4n) is 6.37. The lowest BCUT2D eigenvalue weighted by Gasteiger charge is -2.48. The Morgan fingerprint density at radius 3 is 2.44 bits per heavy atom. The first-order valence-electron chi connectivity index (χ1n) is 12.5. The van der Waals surface area contributed by atoms with E-state index in [4.69, 9.17) is 0 Å². The van der Waals surface area contributed by atoms with Gasteiger partial charge in [-0.2, -0.15) is 0 Å². The van der Waals surface area contributed by atoms with E-state index in [-0.39, 0.29) is 11.7 Å². The molecule has 1 amide bonds. The Kier molecular flexibility index (Phi) is 4.64. The molecule has 3 fully saturated rings. The monoisotopic (exact) mass is 483 g/mol. The molecule has 1 spiro atoms. The van der Waals surface area contributed by atoms with Gasteiger partial charge in [-0.3, -0.25) is 9.36 Å². The predicted molar refractivity (Wildman–Crippen MR) is 130 cm³/mol. The number of hydrogen-bond donors (Lipinski definition) is 0. The molecule has 0 radical (unpaired) electrons. The number of likely N-dealkylation sites (tertiary alicyclic amines) is 1. The first-order valence-corrected chi connectivity index (χ1v) is 12.5. The van der Waals surface area contributed by atoms with Gasteiger partial charge in [-0.1, -0.05) is 5.21 Å². The zero-order valence-corrected chi connectivity index (χ0v) is 20.0. The van der Waals surface area contributed by atoms with Crippen LogP contribution in [0.15, 0.2) is 55.1 Å². The van der Waals surface area contributed by atoms with Crippen molar-refractivity contribution in [1.29, 1.82) is 0 Å². The molecule has 1 aromatic carbocycles. The Bertz CT molecular complexity index is 1440. The van der Waals surface area contributed by atoms with Crippen LogP contribution in [0.1, 0.15) is 41.7 Å². The normalized spacial score (nSPS) is 21.8. The van der Waals surface area contributed by atoms with E-state index < -0.39 is 0 Å². The molecule has 2 unspecified atom stereocenters. The average Bonchev–Trinajstić information content (AvgIpc) is 3.55. The van der Waals surface area contributed by atoms with Gasteiger partial charge in [0.1, 0.15) is 29.4 Å². The first-order chi connectivity index (χ1) is 17.5. The lowest BCUT2D eigenvalue weighted by atomic mass is 9.77. The molecule has 2 atom stereocenters. The van der Waals surface area contributed by atoms with E-state index in [0.717, 1.165) is 30.6 Å². The molecule has 4 aromatic rings. The number of aryl methyl sites for hydroxylation is 1. The fraction of sp³-hybridized carbons (Fsp3) is 0.370. The highest BCUT2D eigenvalue weighted by molar-refractivity contribution is 5.94. The van der Waals surface area contributed by atoms with Crippen LogP contribution in [0.3, 0.4) is 0 Å². The first kappa shape index (κ1) is 21.4. The maximum Gasteiger partial charge on any atom is 0.255 e. The third kappa shape index (κ3) is 3.37. The maximum absolute atomic E-state index is 13.4. The van der Waals surface area contributed by atoms with E-state index in [9.17, 15) is 9.18 Å². The molecule has 7 rings (SSSR count).